The third kappa shape index (κ3) is 6.15. The molecule has 0 saturated heterocycles. The summed E-state index contributed by atoms with van der Waals surface area (Å²) in [7, 11) is 1.13. The third-order valence-corrected chi connectivity index (χ3v) is 10.2. The molecule has 2 aromatic rings. The van der Waals surface area contributed by atoms with Crippen molar-refractivity contribution in [2.45, 2.75) is 101 Å². The number of aryl methyl sites for hydroxylation is 2. The average molecular weight is 651 g/mol. The van der Waals surface area contributed by atoms with Crippen LogP contribution in [0.3, 0.4) is 0 Å². The smallest absolute Gasteiger partial charge is 0.416 e. The van der Waals surface area contributed by atoms with Crippen molar-refractivity contribution in [2.24, 2.45) is 17.8 Å². The fourth-order valence-corrected chi connectivity index (χ4v) is 7.49. The molecule has 2 aromatic carbocycles. The molecule has 1 aliphatic heterocycles. The normalized spacial score (nSPS) is 22.8. The first kappa shape index (κ1) is 31.2. The van der Waals surface area contributed by atoms with E-state index >= 15 is 0 Å². The Morgan fingerprint density at radius 1 is 0.870 bits per heavy atom. The topological polar surface area (TPSA) is 59.1 Å². The number of hydrogen-bond donors (Lipinski definition) is 0. The molecule has 2 atom stereocenters. The predicted octanol–water partition coefficient (Wildman–Crippen LogP) is 8.84. The highest BCUT2D eigenvalue weighted by Crippen LogP contribution is 2.52. The molecule has 0 radical (unpaired) electrons. The molecule has 248 valence electrons. The SMILES string of the molecule is COC(=O)N(Cc1cc(C(F)(F)F)cc(C(F)(F)F)c1)[C@H]1C[C@@H](C2CC2)N(C(=O)OC(C2CC2)C2CC2)c2cc3c(cc21)CCC3. The fourth-order valence-electron chi connectivity index (χ4n) is 7.49. The zero-order valence-electron chi connectivity index (χ0n) is 25.4. The minimum absolute atomic E-state index is 0.0777. The van der Waals surface area contributed by atoms with Crippen LogP contribution in [0, 0.1) is 17.8 Å². The first-order valence-corrected chi connectivity index (χ1v) is 16.1. The van der Waals surface area contributed by atoms with Gasteiger partial charge in [0.15, 0.2) is 0 Å². The van der Waals surface area contributed by atoms with Crippen molar-refractivity contribution in [1.82, 2.24) is 4.90 Å². The minimum atomic E-state index is -5.03. The lowest BCUT2D eigenvalue weighted by atomic mass is 9.86. The Hall–Kier alpha value is -3.44. The van der Waals surface area contributed by atoms with Crippen molar-refractivity contribution >= 4 is 17.9 Å². The zero-order chi connectivity index (χ0) is 32.5. The van der Waals surface area contributed by atoms with E-state index in [1.807, 2.05) is 12.1 Å². The van der Waals surface area contributed by atoms with Gasteiger partial charge >= 0.3 is 24.5 Å². The van der Waals surface area contributed by atoms with Crippen LogP contribution in [0.1, 0.15) is 90.8 Å². The Balaban J connectivity index is 1.29. The monoisotopic (exact) mass is 650 g/mol. The summed E-state index contributed by atoms with van der Waals surface area (Å²) in [5, 5.41) is 0. The number of fused-ring (bicyclic) bond motifs is 2. The number of halogens is 6. The summed E-state index contributed by atoms with van der Waals surface area (Å²) in [5.41, 5.74) is 0.139. The molecule has 0 spiro atoms. The Kier molecular flexibility index (Phi) is 7.70. The summed E-state index contributed by atoms with van der Waals surface area (Å²) < 4.78 is 93.6. The number of nitrogens with zero attached hydrogens (tertiary/aromatic N) is 2. The number of rotatable bonds is 7. The highest BCUT2D eigenvalue weighted by molar-refractivity contribution is 5.91. The van der Waals surface area contributed by atoms with Gasteiger partial charge in [0.1, 0.15) is 6.10 Å². The summed E-state index contributed by atoms with van der Waals surface area (Å²) in [6.07, 6.45) is -2.85. The maximum atomic E-state index is 14.1. The summed E-state index contributed by atoms with van der Waals surface area (Å²) >= 11 is 0. The molecule has 3 saturated carbocycles. The van der Waals surface area contributed by atoms with Gasteiger partial charge in [0.05, 0.1) is 30.0 Å². The molecule has 12 heteroatoms. The fraction of sp³-hybridized carbons (Fsp3) is 0.588. The van der Waals surface area contributed by atoms with E-state index in [0.29, 0.717) is 35.2 Å². The number of carbonyl (C=O) groups excluding carboxylic acids is 2. The summed E-state index contributed by atoms with van der Waals surface area (Å²) in [4.78, 5) is 30.4. The molecule has 1 heterocycles. The Bertz CT molecular complexity index is 1480. The van der Waals surface area contributed by atoms with Crippen LogP contribution in [0.25, 0.3) is 0 Å². The van der Waals surface area contributed by atoms with Gasteiger partial charge in [0, 0.05) is 12.6 Å². The van der Waals surface area contributed by atoms with E-state index in [1.165, 1.54) is 4.90 Å². The van der Waals surface area contributed by atoms with Gasteiger partial charge in [-0.15, -0.1) is 0 Å². The van der Waals surface area contributed by atoms with Gasteiger partial charge in [-0.25, -0.2) is 9.59 Å². The highest BCUT2D eigenvalue weighted by atomic mass is 19.4. The Morgan fingerprint density at radius 3 is 1.98 bits per heavy atom. The van der Waals surface area contributed by atoms with Crippen LogP contribution < -0.4 is 4.90 Å². The molecule has 4 aliphatic carbocycles. The second-order valence-corrected chi connectivity index (χ2v) is 13.6. The molecule has 6 nitrogen and oxygen atoms in total. The van der Waals surface area contributed by atoms with Gasteiger partial charge in [0.25, 0.3) is 0 Å². The number of carbonyl (C=O) groups is 2. The third-order valence-electron chi connectivity index (χ3n) is 10.2. The molecular weight excluding hydrogens is 614 g/mol. The van der Waals surface area contributed by atoms with Crippen LogP contribution in [0.5, 0.6) is 0 Å². The van der Waals surface area contributed by atoms with Crippen LogP contribution in [0.2, 0.25) is 0 Å². The number of methoxy groups -OCH3 is 1. The number of anilines is 1. The molecule has 0 N–H and O–H groups in total. The van der Waals surface area contributed by atoms with Gasteiger partial charge in [-0.1, -0.05) is 6.07 Å². The molecule has 0 aromatic heterocycles. The van der Waals surface area contributed by atoms with E-state index in [1.54, 1.807) is 4.90 Å². The van der Waals surface area contributed by atoms with Crippen molar-refractivity contribution in [1.29, 1.82) is 0 Å². The quantitative estimate of drug-likeness (QED) is 0.281. The van der Waals surface area contributed by atoms with E-state index in [9.17, 15) is 35.9 Å². The number of benzene rings is 2. The van der Waals surface area contributed by atoms with E-state index in [0.717, 1.165) is 76.0 Å². The summed E-state index contributed by atoms with van der Waals surface area (Å²) in [6.45, 7) is -0.547. The molecule has 3 fully saturated rings. The second-order valence-electron chi connectivity index (χ2n) is 13.6. The molecule has 5 aliphatic rings. The number of amides is 2. The molecular formula is C34H36F6N2O4. The van der Waals surface area contributed by atoms with Gasteiger partial charge in [-0.05, 0) is 128 Å². The number of alkyl halides is 6. The highest BCUT2D eigenvalue weighted by Gasteiger charge is 2.50. The van der Waals surface area contributed by atoms with Crippen molar-refractivity contribution in [3.05, 3.63) is 63.7 Å². The van der Waals surface area contributed by atoms with E-state index < -0.39 is 48.3 Å². The number of ether oxygens (including phenoxy) is 2. The Morgan fingerprint density at radius 2 is 1.46 bits per heavy atom. The van der Waals surface area contributed by atoms with Crippen molar-refractivity contribution in [3.8, 4) is 0 Å². The standard InChI is InChI=1S/C34H36F6N2O4/c1-45-31(43)41(17-18-11-24(33(35,36)37)15-25(12-18)34(38,39)40)28-16-27(19-5-6-19)42(29-14-23-4-2-3-22(23)13-26(28)29)32(44)46-30(20-7-8-20)21-9-10-21/h11-15,19-21,27-28,30H,2-10,16-17H2,1H3/t27-,28-/m0/s1. The Labute approximate surface area is 263 Å². The average Bonchev–Trinajstić information content (AvgIpc) is 3.86. The largest absolute Gasteiger partial charge is 0.453 e. The lowest BCUT2D eigenvalue weighted by Crippen LogP contribution is -2.50. The van der Waals surface area contributed by atoms with E-state index in [2.05, 4.69) is 0 Å². The molecule has 0 bridgehead atoms. The first-order valence-electron chi connectivity index (χ1n) is 16.1. The van der Waals surface area contributed by atoms with Crippen LogP contribution in [0.15, 0.2) is 30.3 Å². The van der Waals surface area contributed by atoms with Crippen molar-refractivity contribution < 1.29 is 45.4 Å². The zero-order valence-corrected chi connectivity index (χ0v) is 25.4. The van der Waals surface area contributed by atoms with E-state index in [-0.39, 0.29) is 36.1 Å². The molecule has 2 amide bonds. The van der Waals surface area contributed by atoms with Crippen LogP contribution in [0.4, 0.5) is 41.6 Å². The molecule has 0 unspecified atom stereocenters. The van der Waals surface area contributed by atoms with Crippen LogP contribution in [-0.2, 0) is 41.2 Å². The van der Waals surface area contributed by atoms with E-state index in [4.69, 9.17) is 9.47 Å². The van der Waals surface area contributed by atoms with Gasteiger partial charge in [-0.2, -0.15) is 26.3 Å². The maximum Gasteiger partial charge on any atom is 0.416 e. The van der Waals surface area contributed by atoms with Crippen LogP contribution in [-0.4, -0.2) is 36.3 Å². The van der Waals surface area contributed by atoms with Crippen LogP contribution >= 0.6 is 0 Å². The summed E-state index contributed by atoms with van der Waals surface area (Å²) in [6, 6.07) is 4.19. The van der Waals surface area contributed by atoms with Crippen molar-refractivity contribution in [2.75, 3.05) is 12.0 Å². The van der Waals surface area contributed by atoms with Gasteiger partial charge < -0.3 is 9.47 Å². The summed E-state index contributed by atoms with van der Waals surface area (Å²) in [5.74, 6) is 0.870. The predicted molar refractivity (Wildman–Crippen MR) is 155 cm³/mol. The second kappa shape index (κ2) is 11.4. The van der Waals surface area contributed by atoms with Gasteiger partial charge in [-0.3, -0.25) is 9.80 Å². The lowest BCUT2D eigenvalue weighted by molar-refractivity contribution is -0.143. The number of hydrogen-bond acceptors (Lipinski definition) is 4. The van der Waals surface area contributed by atoms with Gasteiger partial charge in [0.2, 0.25) is 0 Å². The molecule has 7 rings (SSSR count). The van der Waals surface area contributed by atoms with Crippen molar-refractivity contribution in [3.63, 3.8) is 0 Å². The minimum Gasteiger partial charge on any atom is -0.453 e. The molecule has 46 heavy (non-hydrogen) atoms. The maximum absolute atomic E-state index is 14.1. The first-order chi connectivity index (χ1) is 21.8. The lowest BCUT2D eigenvalue weighted by Gasteiger charge is -2.44.